The lowest BCUT2D eigenvalue weighted by Crippen LogP contribution is -2.46. The number of carboxylic acids is 1. The van der Waals surface area contributed by atoms with Gasteiger partial charge in [-0.3, -0.25) is 14.4 Å². The predicted molar refractivity (Wildman–Crippen MR) is 76.4 cm³/mol. The van der Waals surface area contributed by atoms with Crippen LogP contribution in [0, 0.1) is 0 Å². The molecule has 0 aromatic carbocycles. The molecule has 2 heterocycles. The van der Waals surface area contributed by atoms with Crippen LogP contribution >= 0.6 is 11.8 Å². The molecule has 1 aromatic rings. The normalized spacial score (nSPS) is 20.6. The number of rotatable bonds is 5. The number of hydrogen-bond donors (Lipinski definition) is 1. The van der Waals surface area contributed by atoms with Crippen molar-refractivity contribution in [2.75, 3.05) is 18.1 Å². The highest BCUT2D eigenvalue weighted by Crippen LogP contribution is 2.20. The van der Waals surface area contributed by atoms with E-state index in [9.17, 15) is 9.90 Å². The first kappa shape index (κ1) is 14.4. The first-order valence-corrected chi connectivity index (χ1v) is 7.91. The molecule has 2 rings (SSSR count). The van der Waals surface area contributed by atoms with Gasteiger partial charge in [0, 0.05) is 31.1 Å². The summed E-state index contributed by atoms with van der Waals surface area (Å²) >= 11 is 1.72. The van der Waals surface area contributed by atoms with E-state index in [0.29, 0.717) is 12.3 Å². The zero-order chi connectivity index (χ0) is 13.8. The van der Waals surface area contributed by atoms with Gasteiger partial charge in [0.1, 0.15) is 6.04 Å². The van der Waals surface area contributed by atoms with Crippen molar-refractivity contribution >= 4 is 17.7 Å². The third-order valence-corrected chi connectivity index (χ3v) is 4.49. The largest absolute Gasteiger partial charge is 0.480 e. The fourth-order valence-electron chi connectivity index (χ4n) is 2.35. The lowest BCUT2D eigenvalue weighted by molar-refractivity contribution is -0.142. The van der Waals surface area contributed by atoms with Crippen molar-refractivity contribution < 1.29 is 9.90 Å². The standard InChI is InChI=1S/C13H21N3O2S/c1-3-10-7-11(16(4-2)14-10)8-15-5-6-19-9-12(15)13(17)18/h7,12H,3-6,8-9H2,1-2H3,(H,17,18). The van der Waals surface area contributed by atoms with Crippen molar-refractivity contribution in [2.45, 2.75) is 39.4 Å². The molecular weight excluding hydrogens is 262 g/mol. The number of carbonyl (C=O) groups is 1. The Hall–Kier alpha value is -1.01. The smallest absolute Gasteiger partial charge is 0.321 e. The monoisotopic (exact) mass is 283 g/mol. The fourth-order valence-corrected chi connectivity index (χ4v) is 3.46. The molecule has 1 unspecified atom stereocenters. The number of nitrogens with zero attached hydrogens (tertiary/aromatic N) is 3. The highest BCUT2D eigenvalue weighted by molar-refractivity contribution is 7.99. The van der Waals surface area contributed by atoms with Gasteiger partial charge in [-0.05, 0) is 19.4 Å². The van der Waals surface area contributed by atoms with Crippen LogP contribution in [-0.4, -0.2) is 49.8 Å². The van der Waals surface area contributed by atoms with Crippen LogP contribution in [0.1, 0.15) is 25.2 Å². The van der Waals surface area contributed by atoms with Gasteiger partial charge in [-0.2, -0.15) is 16.9 Å². The van der Waals surface area contributed by atoms with Gasteiger partial charge in [-0.25, -0.2) is 0 Å². The van der Waals surface area contributed by atoms with Gasteiger partial charge >= 0.3 is 5.97 Å². The Kier molecular flexibility index (Phi) is 4.87. The third kappa shape index (κ3) is 3.30. The number of aryl methyl sites for hydroxylation is 2. The van der Waals surface area contributed by atoms with Crippen LogP contribution in [0.25, 0.3) is 0 Å². The van der Waals surface area contributed by atoms with Crippen molar-refractivity contribution in [2.24, 2.45) is 0 Å². The summed E-state index contributed by atoms with van der Waals surface area (Å²) in [4.78, 5) is 13.4. The molecule has 1 aromatic heterocycles. The maximum atomic E-state index is 11.3. The van der Waals surface area contributed by atoms with E-state index >= 15 is 0 Å². The maximum Gasteiger partial charge on any atom is 0.321 e. The van der Waals surface area contributed by atoms with Crippen LogP contribution in [0.4, 0.5) is 0 Å². The highest BCUT2D eigenvalue weighted by Gasteiger charge is 2.29. The molecule has 6 heteroatoms. The van der Waals surface area contributed by atoms with E-state index in [-0.39, 0.29) is 6.04 Å². The topological polar surface area (TPSA) is 58.4 Å². The Bertz CT molecular complexity index is 447. The summed E-state index contributed by atoms with van der Waals surface area (Å²) in [6.07, 6.45) is 0.915. The molecule has 0 spiro atoms. The molecule has 1 aliphatic heterocycles. The highest BCUT2D eigenvalue weighted by atomic mass is 32.2. The molecule has 0 saturated carbocycles. The summed E-state index contributed by atoms with van der Waals surface area (Å²) in [6, 6.07) is 1.73. The van der Waals surface area contributed by atoms with E-state index in [2.05, 4.69) is 29.9 Å². The first-order chi connectivity index (χ1) is 9.15. The molecule has 0 radical (unpaired) electrons. The van der Waals surface area contributed by atoms with Gasteiger partial charge in [-0.15, -0.1) is 0 Å². The molecule has 1 N–H and O–H groups in total. The lowest BCUT2D eigenvalue weighted by atomic mass is 10.2. The molecule has 0 amide bonds. The number of carboxylic acid groups (broad SMARTS) is 1. The second-order valence-electron chi connectivity index (χ2n) is 4.70. The Balaban J connectivity index is 2.14. The van der Waals surface area contributed by atoms with Crippen molar-refractivity contribution in [3.05, 3.63) is 17.5 Å². The quantitative estimate of drug-likeness (QED) is 0.886. The van der Waals surface area contributed by atoms with E-state index in [0.717, 1.165) is 36.7 Å². The number of aromatic nitrogens is 2. The van der Waals surface area contributed by atoms with Gasteiger partial charge < -0.3 is 5.11 Å². The molecule has 1 atom stereocenters. The molecule has 5 nitrogen and oxygen atoms in total. The minimum absolute atomic E-state index is 0.371. The van der Waals surface area contributed by atoms with Crippen molar-refractivity contribution in [1.29, 1.82) is 0 Å². The first-order valence-electron chi connectivity index (χ1n) is 6.75. The minimum Gasteiger partial charge on any atom is -0.480 e. The Morgan fingerprint density at radius 3 is 3.00 bits per heavy atom. The second kappa shape index (κ2) is 6.43. The number of hydrogen-bond acceptors (Lipinski definition) is 4. The summed E-state index contributed by atoms with van der Waals surface area (Å²) in [5.74, 6) is 0.964. The van der Waals surface area contributed by atoms with E-state index in [1.807, 2.05) is 4.68 Å². The van der Waals surface area contributed by atoms with Gasteiger partial charge in [0.15, 0.2) is 0 Å². The molecule has 0 bridgehead atoms. The van der Waals surface area contributed by atoms with Gasteiger partial charge in [-0.1, -0.05) is 6.92 Å². The second-order valence-corrected chi connectivity index (χ2v) is 5.85. The Morgan fingerprint density at radius 1 is 1.58 bits per heavy atom. The molecule has 1 aliphatic rings. The van der Waals surface area contributed by atoms with Crippen LogP contribution in [-0.2, 0) is 24.3 Å². The van der Waals surface area contributed by atoms with E-state index in [1.54, 1.807) is 11.8 Å². The van der Waals surface area contributed by atoms with Crippen molar-refractivity contribution in [3.63, 3.8) is 0 Å². The number of aliphatic carboxylic acids is 1. The molecule has 19 heavy (non-hydrogen) atoms. The van der Waals surface area contributed by atoms with Crippen LogP contribution in [0.5, 0.6) is 0 Å². The van der Waals surface area contributed by atoms with Crippen LogP contribution in [0.3, 0.4) is 0 Å². The fraction of sp³-hybridized carbons (Fsp3) is 0.692. The zero-order valence-electron chi connectivity index (χ0n) is 11.5. The van der Waals surface area contributed by atoms with Gasteiger partial charge in [0.25, 0.3) is 0 Å². The SMILES string of the molecule is CCc1cc(CN2CCSCC2C(=O)O)n(CC)n1. The van der Waals surface area contributed by atoms with Gasteiger partial charge in [0.05, 0.1) is 11.4 Å². The summed E-state index contributed by atoms with van der Waals surface area (Å²) in [5, 5.41) is 13.8. The third-order valence-electron chi connectivity index (χ3n) is 3.47. The molecule has 106 valence electrons. The van der Waals surface area contributed by atoms with Crippen LogP contribution in [0.2, 0.25) is 0 Å². The summed E-state index contributed by atoms with van der Waals surface area (Å²) in [6.45, 7) is 6.49. The molecular formula is C13H21N3O2S. The Labute approximate surface area is 118 Å². The number of thioether (sulfide) groups is 1. The molecule has 0 aliphatic carbocycles. The minimum atomic E-state index is -0.717. The molecule has 1 fully saturated rings. The van der Waals surface area contributed by atoms with Crippen molar-refractivity contribution in [3.8, 4) is 0 Å². The zero-order valence-corrected chi connectivity index (χ0v) is 12.3. The van der Waals surface area contributed by atoms with E-state index in [4.69, 9.17) is 0 Å². The average Bonchev–Trinajstić information content (AvgIpc) is 2.81. The molecule has 1 saturated heterocycles. The van der Waals surface area contributed by atoms with E-state index in [1.165, 1.54) is 0 Å². The lowest BCUT2D eigenvalue weighted by Gasteiger charge is -2.32. The summed E-state index contributed by atoms with van der Waals surface area (Å²) < 4.78 is 1.99. The van der Waals surface area contributed by atoms with Crippen LogP contribution < -0.4 is 0 Å². The van der Waals surface area contributed by atoms with Crippen molar-refractivity contribution in [1.82, 2.24) is 14.7 Å². The predicted octanol–water partition coefficient (Wildman–Crippen LogP) is 1.47. The summed E-state index contributed by atoms with van der Waals surface area (Å²) in [5.41, 5.74) is 2.20. The average molecular weight is 283 g/mol. The van der Waals surface area contributed by atoms with Crippen LogP contribution in [0.15, 0.2) is 6.07 Å². The van der Waals surface area contributed by atoms with Gasteiger partial charge in [0.2, 0.25) is 0 Å². The van der Waals surface area contributed by atoms with E-state index < -0.39 is 5.97 Å². The maximum absolute atomic E-state index is 11.3. The summed E-state index contributed by atoms with van der Waals surface area (Å²) in [7, 11) is 0. The Morgan fingerprint density at radius 2 is 2.37 bits per heavy atom.